The summed E-state index contributed by atoms with van der Waals surface area (Å²) >= 11 is 0. The topological polar surface area (TPSA) is 152 Å². The normalized spacial score (nSPS) is 19.8. The number of carbonyl (C=O) groups excluding carboxylic acids is 4. The van der Waals surface area contributed by atoms with Gasteiger partial charge in [0.25, 0.3) is 11.8 Å². The third-order valence-corrected chi connectivity index (χ3v) is 6.22. The lowest BCUT2D eigenvalue weighted by atomic mass is 10.0. The second-order valence-electron chi connectivity index (χ2n) is 8.59. The van der Waals surface area contributed by atoms with Crippen molar-refractivity contribution < 1.29 is 23.6 Å². The van der Waals surface area contributed by atoms with Crippen molar-refractivity contribution in [2.75, 3.05) is 5.32 Å². The molecule has 1 unspecified atom stereocenters. The number of imide groups is 1. The molecule has 2 aliphatic heterocycles. The summed E-state index contributed by atoms with van der Waals surface area (Å²) in [5.74, 6) is -0.401. The maximum atomic E-state index is 12.8. The molecular formula is C22H19N7O5. The number of hydrogen-bond acceptors (Lipinski definition) is 8. The molecule has 172 valence electrons. The zero-order chi connectivity index (χ0) is 23.4. The van der Waals surface area contributed by atoms with Gasteiger partial charge in [0.05, 0.1) is 18.1 Å². The van der Waals surface area contributed by atoms with Gasteiger partial charge in [0.1, 0.15) is 11.8 Å². The number of rotatable bonds is 5. The van der Waals surface area contributed by atoms with Gasteiger partial charge in [0.2, 0.25) is 11.8 Å². The molecule has 4 amide bonds. The van der Waals surface area contributed by atoms with Crippen molar-refractivity contribution in [1.29, 1.82) is 0 Å². The number of fused-ring (bicyclic) bond motifs is 1. The lowest BCUT2D eigenvalue weighted by molar-refractivity contribution is -0.136. The van der Waals surface area contributed by atoms with Crippen LogP contribution in [0.15, 0.2) is 35.0 Å². The van der Waals surface area contributed by atoms with E-state index in [0.717, 1.165) is 24.2 Å². The number of oxazole rings is 1. The second-order valence-corrected chi connectivity index (χ2v) is 8.59. The van der Waals surface area contributed by atoms with Crippen LogP contribution in [0, 0.1) is 0 Å². The molecule has 3 aliphatic rings. The third-order valence-electron chi connectivity index (χ3n) is 6.22. The maximum Gasteiger partial charge on any atom is 0.301 e. The second kappa shape index (κ2) is 7.61. The van der Waals surface area contributed by atoms with Gasteiger partial charge in [-0.15, -0.1) is 5.10 Å². The zero-order valence-corrected chi connectivity index (χ0v) is 17.9. The maximum absolute atomic E-state index is 12.8. The smallest absolute Gasteiger partial charge is 0.301 e. The Balaban J connectivity index is 1.17. The van der Waals surface area contributed by atoms with Gasteiger partial charge < -0.3 is 9.32 Å². The first-order valence-corrected chi connectivity index (χ1v) is 10.9. The molecule has 1 saturated carbocycles. The van der Waals surface area contributed by atoms with Crippen LogP contribution in [-0.2, 0) is 16.1 Å². The van der Waals surface area contributed by atoms with Gasteiger partial charge >= 0.3 is 6.01 Å². The molecule has 3 aromatic rings. The Hall–Kier alpha value is -4.35. The van der Waals surface area contributed by atoms with Crippen molar-refractivity contribution in [3.05, 3.63) is 53.2 Å². The number of nitrogens with one attached hydrogen (secondary N) is 2. The lowest BCUT2D eigenvalue weighted by Crippen LogP contribution is -2.52. The summed E-state index contributed by atoms with van der Waals surface area (Å²) in [7, 11) is 0. The fourth-order valence-corrected chi connectivity index (χ4v) is 4.26. The molecule has 1 saturated heterocycles. The molecule has 12 heteroatoms. The molecule has 4 heterocycles. The van der Waals surface area contributed by atoms with E-state index in [4.69, 9.17) is 4.42 Å². The Morgan fingerprint density at radius 2 is 2.03 bits per heavy atom. The quantitative estimate of drug-likeness (QED) is 0.537. The molecule has 34 heavy (non-hydrogen) atoms. The number of piperidine rings is 1. The number of carbonyl (C=O) groups is 4. The Labute approximate surface area is 192 Å². The predicted octanol–water partition coefficient (Wildman–Crippen LogP) is 1.15. The summed E-state index contributed by atoms with van der Waals surface area (Å²) in [5.41, 5.74) is 1.89. The molecule has 0 bridgehead atoms. The fourth-order valence-electron chi connectivity index (χ4n) is 4.26. The molecule has 2 fully saturated rings. The van der Waals surface area contributed by atoms with Gasteiger partial charge in [-0.05, 0) is 43.0 Å². The molecule has 0 radical (unpaired) electrons. The van der Waals surface area contributed by atoms with E-state index in [0.29, 0.717) is 23.6 Å². The van der Waals surface area contributed by atoms with Crippen molar-refractivity contribution in [3.8, 4) is 5.69 Å². The summed E-state index contributed by atoms with van der Waals surface area (Å²) < 4.78 is 6.97. The molecule has 1 aromatic carbocycles. The van der Waals surface area contributed by atoms with Crippen LogP contribution in [0.2, 0.25) is 0 Å². The first-order chi connectivity index (χ1) is 16.5. The molecule has 6 rings (SSSR count). The van der Waals surface area contributed by atoms with Gasteiger partial charge in [-0.3, -0.25) is 29.8 Å². The van der Waals surface area contributed by atoms with Gasteiger partial charge in [-0.2, -0.15) is 0 Å². The monoisotopic (exact) mass is 461 g/mol. The van der Waals surface area contributed by atoms with Gasteiger partial charge in [0, 0.05) is 24.4 Å². The molecule has 0 spiro atoms. The van der Waals surface area contributed by atoms with Gasteiger partial charge in [-0.1, -0.05) is 5.21 Å². The lowest BCUT2D eigenvalue weighted by Gasteiger charge is -2.29. The van der Waals surface area contributed by atoms with E-state index < -0.39 is 17.9 Å². The van der Waals surface area contributed by atoms with E-state index in [1.165, 1.54) is 15.8 Å². The number of amides is 4. The van der Waals surface area contributed by atoms with Crippen LogP contribution in [0.3, 0.4) is 0 Å². The van der Waals surface area contributed by atoms with Crippen molar-refractivity contribution in [1.82, 2.24) is 30.2 Å². The average Bonchev–Trinajstić information content (AvgIpc) is 3.22. The minimum Gasteiger partial charge on any atom is -0.428 e. The highest BCUT2D eigenvalue weighted by molar-refractivity contribution is 6.05. The minimum absolute atomic E-state index is 0.0768. The number of hydrogen-bond donors (Lipinski definition) is 2. The number of aromatic nitrogens is 4. The van der Waals surface area contributed by atoms with Crippen LogP contribution in [-0.4, -0.2) is 54.5 Å². The molecule has 2 N–H and O–H groups in total. The Bertz CT molecular complexity index is 1360. The van der Waals surface area contributed by atoms with Gasteiger partial charge in [0.15, 0.2) is 5.69 Å². The highest BCUT2D eigenvalue weighted by atomic mass is 16.4. The van der Waals surface area contributed by atoms with E-state index in [9.17, 15) is 19.2 Å². The Kier molecular flexibility index (Phi) is 4.54. The van der Waals surface area contributed by atoms with Crippen LogP contribution in [0.4, 0.5) is 6.01 Å². The summed E-state index contributed by atoms with van der Waals surface area (Å²) in [6, 6.07) is 4.55. The number of anilines is 1. The van der Waals surface area contributed by atoms with Crippen LogP contribution >= 0.6 is 0 Å². The van der Waals surface area contributed by atoms with Crippen molar-refractivity contribution in [2.45, 2.75) is 44.2 Å². The summed E-state index contributed by atoms with van der Waals surface area (Å²) in [6.45, 7) is 0.240. The molecule has 12 nitrogen and oxygen atoms in total. The van der Waals surface area contributed by atoms with Crippen molar-refractivity contribution >= 4 is 29.6 Å². The van der Waals surface area contributed by atoms with E-state index in [2.05, 4.69) is 25.9 Å². The molecular weight excluding hydrogens is 442 g/mol. The van der Waals surface area contributed by atoms with Crippen molar-refractivity contribution in [3.63, 3.8) is 0 Å². The first kappa shape index (κ1) is 20.3. The van der Waals surface area contributed by atoms with Crippen LogP contribution in [0.5, 0.6) is 0 Å². The van der Waals surface area contributed by atoms with E-state index in [1.54, 1.807) is 24.4 Å². The standard InChI is InChI=1S/C22H19N7O5/c30-18-6-5-16(20(32)24-18)28-9-12-7-13(3-4-14(12)21(28)33)29-10-15(26-27-29)19(31)25-22-23-8-17(34-22)11-1-2-11/h3-4,7-8,10-11,16H,1-2,5-6,9H2,(H,23,25,31)(H,24,30,32). The summed E-state index contributed by atoms with van der Waals surface area (Å²) in [5, 5.41) is 12.8. The average molecular weight is 461 g/mol. The van der Waals surface area contributed by atoms with Crippen molar-refractivity contribution in [2.24, 2.45) is 0 Å². The minimum atomic E-state index is -0.682. The highest BCUT2D eigenvalue weighted by Crippen LogP contribution is 2.40. The van der Waals surface area contributed by atoms with Crippen LogP contribution in [0.1, 0.15) is 63.8 Å². The fraction of sp³-hybridized carbons (Fsp3) is 0.318. The molecule has 2 aromatic heterocycles. The highest BCUT2D eigenvalue weighted by Gasteiger charge is 2.39. The zero-order valence-electron chi connectivity index (χ0n) is 17.9. The third kappa shape index (κ3) is 3.52. The van der Waals surface area contributed by atoms with E-state index >= 15 is 0 Å². The predicted molar refractivity (Wildman–Crippen MR) is 114 cm³/mol. The number of nitrogens with zero attached hydrogens (tertiary/aromatic N) is 5. The van der Waals surface area contributed by atoms with E-state index in [-0.39, 0.29) is 36.5 Å². The Morgan fingerprint density at radius 3 is 2.82 bits per heavy atom. The van der Waals surface area contributed by atoms with Gasteiger partial charge in [-0.25, -0.2) is 9.67 Å². The Morgan fingerprint density at radius 1 is 1.18 bits per heavy atom. The SMILES string of the molecule is O=C1CCC(N2Cc3cc(-n4cc(C(=O)Nc5ncc(C6CC6)o5)nn4)ccc3C2=O)C(=O)N1. The first-order valence-electron chi connectivity index (χ1n) is 10.9. The number of benzene rings is 1. The molecule has 1 atom stereocenters. The van der Waals surface area contributed by atoms with Crippen LogP contribution in [0.25, 0.3) is 5.69 Å². The van der Waals surface area contributed by atoms with Crippen LogP contribution < -0.4 is 10.6 Å². The summed E-state index contributed by atoms with van der Waals surface area (Å²) in [6.07, 6.45) is 5.71. The molecule has 1 aliphatic carbocycles. The largest absolute Gasteiger partial charge is 0.428 e. The van der Waals surface area contributed by atoms with E-state index in [1.807, 2.05) is 0 Å². The summed E-state index contributed by atoms with van der Waals surface area (Å²) in [4.78, 5) is 54.6.